The molecule has 0 saturated heterocycles. The molecule has 4 rings (SSSR count). The number of aryl methyl sites for hydroxylation is 1. The van der Waals surface area contributed by atoms with Gasteiger partial charge in [0.05, 0.1) is 0 Å². The van der Waals surface area contributed by atoms with Gasteiger partial charge < -0.3 is 10.2 Å². The maximum atomic E-state index is 14.0. The third kappa shape index (κ3) is 8.79. The molecule has 212 valence electrons. The van der Waals surface area contributed by atoms with Crippen molar-refractivity contribution in [2.75, 3.05) is 0 Å². The highest BCUT2D eigenvalue weighted by Crippen LogP contribution is 2.24. The molecule has 1 aliphatic rings. The molecule has 0 aromatic heterocycles. The van der Waals surface area contributed by atoms with Crippen molar-refractivity contribution in [2.24, 2.45) is 0 Å². The van der Waals surface area contributed by atoms with Crippen LogP contribution in [0.5, 0.6) is 0 Å². The summed E-state index contributed by atoms with van der Waals surface area (Å²) in [5.41, 5.74) is 4.57. The molecule has 0 spiro atoms. The second-order valence-corrected chi connectivity index (χ2v) is 13.1. The number of amides is 2. The van der Waals surface area contributed by atoms with Crippen LogP contribution in [0.3, 0.4) is 0 Å². The van der Waals surface area contributed by atoms with Crippen molar-refractivity contribution in [3.05, 3.63) is 106 Å². The summed E-state index contributed by atoms with van der Waals surface area (Å²) in [6.07, 6.45) is 7.01. The van der Waals surface area contributed by atoms with Crippen molar-refractivity contribution < 1.29 is 9.59 Å². The summed E-state index contributed by atoms with van der Waals surface area (Å²) < 4.78 is 0.990. The zero-order chi connectivity index (χ0) is 28.5. The van der Waals surface area contributed by atoms with E-state index >= 15 is 0 Å². The first kappa shape index (κ1) is 30.0. The molecule has 3 aromatic carbocycles. The Kier molecular flexibility index (Phi) is 10.6. The fraction of sp³-hybridized carbons (Fsp3) is 0.429. The van der Waals surface area contributed by atoms with E-state index in [0.29, 0.717) is 25.8 Å². The topological polar surface area (TPSA) is 49.4 Å². The molecular formula is C35H43BrN2O2. The molecule has 0 heterocycles. The largest absolute Gasteiger partial charge is 0.352 e. The van der Waals surface area contributed by atoms with Crippen molar-refractivity contribution >= 4 is 27.7 Å². The second-order valence-electron chi connectivity index (χ2n) is 12.1. The molecule has 3 aromatic rings. The highest BCUT2D eigenvalue weighted by atomic mass is 79.9. The summed E-state index contributed by atoms with van der Waals surface area (Å²) in [7, 11) is 0. The summed E-state index contributed by atoms with van der Waals surface area (Å²) in [6.45, 7) is 7.01. The summed E-state index contributed by atoms with van der Waals surface area (Å²) >= 11 is 3.52. The molecule has 0 aliphatic heterocycles. The molecule has 1 aliphatic carbocycles. The van der Waals surface area contributed by atoms with Crippen LogP contribution in [0.1, 0.15) is 81.5 Å². The minimum atomic E-state index is -0.580. The SMILES string of the molecule is CC(C)(C)c1ccc(CCC(=O)N(Cc2ccc(Br)cc2)[C@H](Cc2ccccc2)C(=O)NC2CCCCC2)cc1. The zero-order valence-corrected chi connectivity index (χ0v) is 25.8. The molecule has 1 fully saturated rings. The minimum Gasteiger partial charge on any atom is -0.352 e. The Morgan fingerprint density at radius 1 is 0.850 bits per heavy atom. The van der Waals surface area contributed by atoms with Crippen LogP contribution in [-0.2, 0) is 34.4 Å². The highest BCUT2D eigenvalue weighted by molar-refractivity contribution is 9.10. The number of nitrogens with zero attached hydrogens (tertiary/aromatic N) is 1. The minimum absolute atomic E-state index is 0.00235. The first-order valence-electron chi connectivity index (χ1n) is 14.7. The molecule has 1 atom stereocenters. The summed E-state index contributed by atoms with van der Waals surface area (Å²) in [5.74, 6) is -0.0433. The normalized spacial score (nSPS) is 14.9. The van der Waals surface area contributed by atoms with Gasteiger partial charge in [0.15, 0.2) is 0 Å². The van der Waals surface area contributed by atoms with Gasteiger partial charge in [-0.15, -0.1) is 0 Å². The highest BCUT2D eigenvalue weighted by Gasteiger charge is 2.31. The molecule has 2 amide bonds. The number of halogens is 1. The summed E-state index contributed by atoms with van der Waals surface area (Å²) in [5, 5.41) is 3.32. The monoisotopic (exact) mass is 602 g/mol. The predicted molar refractivity (Wildman–Crippen MR) is 167 cm³/mol. The summed E-state index contributed by atoms with van der Waals surface area (Å²) in [6, 6.07) is 26.3. The fourth-order valence-electron chi connectivity index (χ4n) is 5.45. The van der Waals surface area contributed by atoms with Crippen molar-refractivity contribution in [1.82, 2.24) is 10.2 Å². The Hall–Kier alpha value is -2.92. The second kappa shape index (κ2) is 14.1. The van der Waals surface area contributed by atoms with E-state index in [4.69, 9.17) is 0 Å². The Bertz CT molecular complexity index is 1230. The van der Waals surface area contributed by atoms with E-state index in [0.717, 1.165) is 46.8 Å². The van der Waals surface area contributed by atoms with Gasteiger partial charge in [-0.05, 0) is 59.1 Å². The third-order valence-corrected chi connectivity index (χ3v) is 8.46. The van der Waals surface area contributed by atoms with E-state index in [1.807, 2.05) is 59.5 Å². The van der Waals surface area contributed by atoms with E-state index in [1.54, 1.807) is 0 Å². The van der Waals surface area contributed by atoms with E-state index in [2.05, 4.69) is 66.3 Å². The average molecular weight is 604 g/mol. The molecule has 1 saturated carbocycles. The lowest BCUT2D eigenvalue weighted by atomic mass is 9.86. The van der Waals surface area contributed by atoms with E-state index in [9.17, 15) is 9.59 Å². The first-order chi connectivity index (χ1) is 19.2. The Morgan fingerprint density at radius 2 is 1.48 bits per heavy atom. The number of hydrogen-bond acceptors (Lipinski definition) is 2. The van der Waals surface area contributed by atoms with Gasteiger partial charge in [-0.3, -0.25) is 9.59 Å². The van der Waals surface area contributed by atoms with Gasteiger partial charge in [-0.25, -0.2) is 0 Å². The van der Waals surface area contributed by atoms with Crippen molar-refractivity contribution in [1.29, 1.82) is 0 Å². The third-order valence-electron chi connectivity index (χ3n) is 7.94. The molecule has 40 heavy (non-hydrogen) atoms. The summed E-state index contributed by atoms with van der Waals surface area (Å²) in [4.78, 5) is 29.7. The van der Waals surface area contributed by atoms with Crippen LogP contribution >= 0.6 is 15.9 Å². The number of hydrogen-bond donors (Lipinski definition) is 1. The lowest BCUT2D eigenvalue weighted by Crippen LogP contribution is -2.52. The number of rotatable bonds is 10. The number of carbonyl (C=O) groups is 2. The lowest BCUT2D eigenvalue weighted by molar-refractivity contribution is -0.141. The number of carbonyl (C=O) groups excluding carboxylic acids is 2. The lowest BCUT2D eigenvalue weighted by Gasteiger charge is -2.33. The van der Waals surface area contributed by atoms with Gasteiger partial charge in [0.25, 0.3) is 0 Å². The molecule has 5 heteroatoms. The van der Waals surface area contributed by atoms with Crippen molar-refractivity contribution in [2.45, 2.75) is 96.2 Å². The van der Waals surface area contributed by atoms with E-state index in [1.165, 1.54) is 12.0 Å². The van der Waals surface area contributed by atoms with Gasteiger partial charge in [0, 0.05) is 29.9 Å². The quantitative estimate of drug-likeness (QED) is 0.258. The van der Waals surface area contributed by atoms with Crippen molar-refractivity contribution in [3.8, 4) is 0 Å². The van der Waals surface area contributed by atoms with E-state index < -0.39 is 6.04 Å². The standard InChI is InChI=1S/C35H43BrN2O2/c1-35(2,3)29-19-14-26(15-20-29)18-23-33(39)38(25-28-16-21-30(36)22-17-28)32(24-27-10-6-4-7-11-27)34(40)37-31-12-8-5-9-13-31/h4,6-7,10-11,14-17,19-22,31-32H,5,8-9,12-13,18,23-25H2,1-3H3,(H,37,40)/t32-/m1/s1. The number of benzene rings is 3. The zero-order valence-electron chi connectivity index (χ0n) is 24.2. The van der Waals surface area contributed by atoms with Gasteiger partial charge in [-0.1, -0.05) is 123 Å². The Balaban J connectivity index is 1.58. The van der Waals surface area contributed by atoms with Gasteiger partial charge in [0.2, 0.25) is 11.8 Å². The van der Waals surface area contributed by atoms with Gasteiger partial charge >= 0.3 is 0 Å². The molecule has 1 N–H and O–H groups in total. The molecule has 0 unspecified atom stereocenters. The van der Waals surface area contributed by atoms with Crippen LogP contribution in [0.2, 0.25) is 0 Å². The van der Waals surface area contributed by atoms with Crippen LogP contribution in [0.15, 0.2) is 83.3 Å². The maximum Gasteiger partial charge on any atom is 0.243 e. The molecule has 0 radical (unpaired) electrons. The number of nitrogens with one attached hydrogen (secondary N) is 1. The molecular weight excluding hydrogens is 560 g/mol. The van der Waals surface area contributed by atoms with Crippen LogP contribution in [-0.4, -0.2) is 28.8 Å². The van der Waals surface area contributed by atoms with Crippen molar-refractivity contribution in [3.63, 3.8) is 0 Å². The van der Waals surface area contributed by atoms with Gasteiger partial charge in [-0.2, -0.15) is 0 Å². The smallest absolute Gasteiger partial charge is 0.243 e. The molecule has 4 nitrogen and oxygen atoms in total. The van der Waals surface area contributed by atoms with Crippen LogP contribution in [0.4, 0.5) is 0 Å². The Labute approximate surface area is 248 Å². The first-order valence-corrected chi connectivity index (χ1v) is 15.5. The van der Waals surface area contributed by atoms with Crippen LogP contribution in [0, 0.1) is 0 Å². The Morgan fingerprint density at radius 3 is 2.10 bits per heavy atom. The van der Waals surface area contributed by atoms with E-state index in [-0.39, 0.29) is 23.3 Å². The molecule has 0 bridgehead atoms. The van der Waals surface area contributed by atoms with Crippen LogP contribution in [0.25, 0.3) is 0 Å². The predicted octanol–water partition coefficient (Wildman–Crippen LogP) is 7.77. The maximum absolute atomic E-state index is 14.0. The average Bonchev–Trinajstić information content (AvgIpc) is 2.95. The van der Waals surface area contributed by atoms with Crippen LogP contribution < -0.4 is 5.32 Å². The fourth-order valence-corrected chi connectivity index (χ4v) is 5.72. The van der Waals surface area contributed by atoms with Gasteiger partial charge in [0.1, 0.15) is 6.04 Å².